The lowest BCUT2D eigenvalue weighted by atomic mass is 9.97. The first kappa shape index (κ1) is 15.1. The number of aryl methyl sites for hydroxylation is 1. The highest BCUT2D eigenvalue weighted by Gasteiger charge is 2.28. The van der Waals surface area contributed by atoms with Gasteiger partial charge in [0.05, 0.1) is 6.26 Å². The van der Waals surface area contributed by atoms with E-state index in [4.69, 9.17) is 8.94 Å². The van der Waals surface area contributed by atoms with E-state index in [2.05, 4.69) is 15.4 Å². The van der Waals surface area contributed by atoms with E-state index in [0.29, 0.717) is 36.2 Å². The minimum absolute atomic E-state index is 0.108. The Morgan fingerprint density at radius 3 is 2.79 bits per heavy atom. The van der Waals surface area contributed by atoms with Crippen molar-refractivity contribution in [3.8, 4) is 11.5 Å². The average molecular weight is 344 g/mol. The zero-order valence-corrected chi connectivity index (χ0v) is 14.0. The molecular formula is C16H16N4O3S. The van der Waals surface area contributed by atoms with Crippen LogP contribution in [0.5, 0.6) is 0 Å². The van der Waals surface area contributed by atoms with Crippen molar-refractivity contribution in [3.05, 3.63) is 40.2 Å². The summed E-state index contributed by atoms with van der Waals surface area (Å²) in [4.78, 5) is 14.4. The molecule has 0 spiro atoms. The Morgan fingerprint density at radius 2 is 2.12 bits per heavy atom. The van der Waals surface area contributed by atoms with Crippen LogP contribution in [0.3, 0.4) is 0 Å². The van der Waals surface area contributed by atoms with Crippen LogP contribution in [0, 0.1) is 6.92 Å². The quantitative estimate of drug-likeness (QED) is 0.726. The Kier molecular flexibility index (Phi) is 3.89. The molecule has 3 aromatic rings. The summed E-state index contributed by atoms with van der Waals surface area (Å²) in [6.45, 7) is 3.33. The fourth-order valence-corrected chi connectivity index (χ4v) is 3.75. The van der Waals surface area contributed by atoms with Crippen molar-refractivity contribution >= 4 is 17.2 Å². The van der Waals surface area contributed by atoms with Crippen molar-refractivity contribution < 1.29 is 13.7 Å². The largest absolute Gasteiger partial charge is 0.461 e. The molecule has 1 saturated heterocycles. The van der Waals surface area contributed by atoms with E-state index in [-0.39, 0.29) is 5.91 Å². The maximum absolute atomic E-state index is 12.6. The van der Waals surface area contributed by atoms with Crippen molar-refractivity contribution in [2.45, 2.75) is 25.7 Å². The molecule has 0 aliphatic carbocycles. The van der Waals surface area contributed by atoms with Gasteiger partial charge in [-0.1, -0.05) is 5.16 Å². The van der Waals surface area contributed by atoms with Crippen LogP contribution in [0.4, 0.5) is 0 Å². The summed E-state index contributed by atoms with van der Waals surface area (Å²) in [7, 11) is 0. The number of piperidine rings is 1. The van der Waals surface area contributed by atoms with Crippen molar-refractivity contribution in [2.75, 3.05) is 13.1 Å². The molecule has 0 aromatic carbocycles. The first-order valence-electron chi connectivity index (χ1n) is 7.80. The van der Waals surface area contributed by atoms with Crippen LogP contribution in [0.25, 0.3) is 11.5 Å². The van der Waals surface area contributed by atoms with Crippen LogP contribution in [0.15, 0.2) is 33.4 Å². The van der Waals surface area contributed by atoms with Crippen molar-refractivity contribution in [1.82, 2.24) is 20.3 Å². The molecule has 1 amide bonds. The predicted octanol–water partition coefficient (Wildman–Crippen LogP) is 3.11. The van der Waals surface area contributed by atoms with Gasteiger partial charge in [-0.15, -0.1) is 21.5 Å². The van der Waals surface area contributed by atoms with E-state index < -0.39 is 0 Å². The van der Waals surface area contributed by atoms with Gasteiger partial charge in [0.25, 0.3) is 5.91 Å². The van der Waals surface area contributed by atoms with E-state index >= 15 is 0 Å². The molecule has 7 nitrogen and oxygen atoms in total. The number of carbonyl (C=O) groups excluding carboxylic acids is 1. The van der Waals surface area contributed by atoms with Gasteiger partial charge in [-0.2, -0.15) is 0 Å². The van der Waals surface area contributed by atoms with E-state index in [1.807, 2.05) is 11.8 Å². The predicted molar refractivity (Wildman–Crippen MR) is 86.7 cm³/mol. The van der Waals surface area contributed by atoms with Crippen LogP contribution < -0.4 is 0 Å². The minimum Gasteiger partial charge on any atom is -0.461 e. The number of amides is 1. The second-order valence-electron chi connectivity index (χ2n) is 5.78. The molecule has 0 bridgehead atoms. The molecule has 8 heteroatoms. The summed E-state index contributed by atoms with van der Waals surface area (Å²) in [6, 6.07) is 5.16. The Bertz CT molecular complexity index is 831. The molecule has 124 valence electrons. The summed E-state index contributed by atoms with van der Waals surface area (Å²) in [5, 5.41) is 14.2. The number of hydrogen-bond donors (Lipinski definition) is 0. The van der Waals surface area contributed by atoms with Crippen molar-refractivity contribution in [3.63, 3.8) is 0 Å². The third kappa shape index (κ3) is 2.84. The molecule has 24 heavy (non-hydrogen) atoms. The van der Waals surface area contributed by atoms with Crippen molar-refractivity contribution in [2.24, 2.45) is 0 Å². The van der Waals surface area contributed by atoms with Gasteiger partial charge in [0, 0.05) is 25.1 Å². The summed E-state index contributed by atoms with van der Waals surface area (Å²) >= 11 is 1.64. The number of furan rings is 1. The average Bonchev–Trinajstić information content (AvgIpc) is 3.35. The van der Waals surface area contributed by atoms with Gasteiger partial charge >= 0.3 is 0 Å². The SMILES string of the molecule is Cc1nnc(C2CCN(C(=O)c3cc(-c4ccco4)on3)CC2)s1. The number of rotatable bonds is 3. The lowest BCUT2D eigenvalue weighted by Crippen LogP contribution is -2.38. The first-order valence-corrected chi connectivity index (χ1v) is 8.62. The Hall–Kier alpha value is -2.48. The summed E-state index contributed by atoms with van der Waals surface area (Å²) < 4.78 is 10.5. The zero-order chi connectivity index (χ0) is 16.5. The lowest BCUT2D eigenvalue weighted by Gasteiger charge is -2.30. The molecule has 0 radical (unpaired) electrons. The maximum Gasteiger partial charge on any atom is 0.276 e. The molecule has 4 rings (SSSR count). The highest BCUT2D eigenvalue weighted by molar-refractivity contribution is 7.11. The van der Waals surface area contributed by atoms with Crippen LogP contribution in [-0.2, 0) is 0 Å². The second-order valence-corrected chi connectivity index (χ2v) is 6.99. The molecule has 0 unspecified atom stereocenters. The van der Waals surface area contributed by atoms with E-state index in [1.165, 1.54) is 0 Å². The van der Waals surface area contributed by atoms with Crippen LogP contribution in [0.2, 0.25) is 0 Å². The van der Waals surface area contributed by atoms with Gasteiger partial charge in [0.15, 0.2) is 11.5 Å². The third-order valence-electron chi connectivity index (χ3n) is 4.17. The third-order valence-corrected chi connectivity index (χ3v) is 5.17. The summed E-state index contributed by atoms with van der Waals surface area (Å²) in [6.07, 6.45) is 3.34. The Labute approximate surface area is 142 Å². The topological polar surface area (TPSA) is 85.3 Å². The molecule has 0 atom stereocenters. The van der Waals surface area contributed by atoms with E-state index in [1.54, 1.807) is 35.8 Å². The number of nitrogens with zero attached hydrogens (tertiary/aromatic N) is 4. The fraction of sp³-hybridized carbons (Fsp3) is 0.375. The molecule has 0 saturated carbocycles. The molecule has 0 N–H and O–H groups in total. The minimum atomic E-state index is -0.108. The normalized spacial score (nSPS) is 15.8. The zero-order valence-electron chi connectivity index (χ0n) is 13.1. The Balaban J connectivity index is 1.41. The standard InChI is InChI=1S/C16H16N4O3S/c1-10-17-18-15(24-10)11-4-6-20(7-5-11)16(21)12-9-14(23-19-12)13-3-2-8-22-13/h2-3,8-9,11H,4-7H2,1H3. The summed E-state index contributed by atoms with van der Waals surface area (Å²) in [5.41, 5.74) is 0.312. The number of hydrogen-bond acceptors (Lipinski definition) is 7. The molecule has 1 aliphatic heterocycles. The van der Waals surface area contributed by atoms with Gasteiger partial charge in [0.2, 0.25) is 5.76 Å². The van der Waals surface area contributed by atoms with Gasteiger partial charge in [-0.3, -0.25) is 4.79 Å². The van der Waals surface area contributed by atoms with Gasteiger partial charge in [0.1, 0.15) is 10.0 Å². The van der Waals surface area contributed by atoms with Gasteiger partial charge < -0.3 is 13.8 Å². The second kappa shape index (κ2) is 6.20. The molecule has 1 fully saturated rings. The lowest BCUT2D eigenvalue weighted by molar-refractivity contribution is 0.0702. The highest BCUT2D eigenvalue weighted by Crippen LogP contribution is 2.30. The maximum atomic E-state index is 12.6. The van der Waals surface area contributed by atoms with Crippen LogP contribution in [-0.4, -0.2) is 39.3 Å². The molecule has 4 heterocycles. The fourth-order valence-electron chi connectivity index (χ4n) is 2.88. The summed E-state index contributed by atoms with van der Waals surface area (Å²) in [5.74, 6) is 1.30. The van der Waals surface area contributed by atoms with Gasteiger partial charge in [-0.25, -0.2) is 0 Å². The first-order chi connectivity index (χ1) is 11.7. The number of likely N-dealkylation sites (tertiary alicyclic amines) is 1. The highest BCUT2D eigenvalue weighted by atomic mass is 32.1. The molecule has 1 aliphatic rings. The Morgan fingerprint density at radius 1 is 1.29 bits per heavy atom. The van der Waals surface area contributed by atoms with Crippen LogP contribution >= 0.6 is 11.3 Å². The monoisotopic (exact) mass is 344 g/mol. The van der Waals surface area contributed by atoms with E-state index in [9.17, 15) is 4.79 Å². The van der Waals surface area contributed by atoms with Crippen LogP contribution in [0.1, 0.15) is 39.3 Å². The van der Waals surface area contributed by atoms with Crippen molar-refractivity contribution in [1.29, 1.82) is 0 Å². The van der Waals surface area contributed by atoms with Gasteiger partial charge in [-0.05, 0) is 31.9 Å². The molecule has 3 aromatic heterocycles. The number of carbonyl (C=O) groups is 1. The number of aromatic nitrogens is 3. The molecular weight excluding hydrogens is 328 g/mol. The smallest absolute Gasteiger partial charge is 0.276 e. The van der Waals surface area contributed by atoms with E-state index in [0.717, 1.165) is 22.9 Å².